The monoisotopic (exact) mass is 568 g/mol. The minimum atomic E-state index is -0.0586. The lowest BCUT2D eigenvalue weighted by Crippen LogP contribution is -2.57. The number of hydrogen-bond acceptors (Lipinski definition) is 7. The largest absolute Gasteiger partial charge is 0.356 e. The topological polar surface area (TPSA) is 103 Å². The third-order valence-electron chi connectivity index (χ3n) is 6.13. The number of hydrogen-bond donors (Lipinski definition) is 1. The minimum Gasteiger partial charge on any atom is -0.356 e. The molecule has 4 heterocycles. The Morgan fingerprint density at radius 1 is 1.15 bits per heavy atom. The zero-order valence-corrected chi connectivity index (χ0v) is 21.6. The summed E-state index contributed by atoms with van der Waals surface area (Å²) < 4.78 is 5.31. The second kappa shape index (κ2) is 12.3. The van der Waals surface area contributed by atoms with Crippen LogP contribution in [0.15, 0.2) is 33.9 Å². The Labute approximate surface area is 211 Å². The number of pyridine rings is 1. The molecule has 2 fully saturated rings. The van der Waals surface area contributed by atoms with Gasteiger partial charge in [-0.2, -0.15) is 4.98 Å². The highest BCUT2D eigenvalue weighted by molar-refractivity contribution is 14.0. The number of piperazine rings is 1. The van der Waals surface area contributed by atoms with E-state index < -0.39 is 0 Å². The van der Waals surface area contributed by atoms with Gasteiger partial charge in [-0.15, -0.1) is 24.0 Å². The van der Waals surface area contributed by atoms with Crippen molar-refractivity contribution in [2.24, 2.45) is 4.99 Å². The van der Waals surface area contributed by atoms with Crippen LogP contribution in [0.1, 0.15) is 25.6 Å². The van der Waals surface area contributed by atoms with E-state index in [0.29, 0.717) is 30.4 Å². The average molecular weight is 568 g/mol. The van der Waals surface area contributed by atoms with Gasteiger partial charge in [0.1, 0.15) is 5.69 Å². The average Bonchev–Trinajstić information content (AvgIpc) is 3.54. The van der Waals surface area contributed by atoms with Crippen molar-refractivity contribution in [1.82, 2.24) is 35.1 Å². The van der Waals surface area contributed by atoms with Gasteiger partial charge in [0.2, 0.25) is 5.91 Å². The summed E-state index contributed by atoms with van der Waals surface area (Å²) in [6.07, 6.45) is 4.58. The maximum atomic E-state index is 12.7. The van der Waals surface area contributed by atoms with Crippen molar-refractivity contribution < 1.29 is 9.32 Å². The van der Waals surface area contributed by atoms with E-state index in [0.717, 1.165) is 58.1 Å². The molecule has 0 spiro atoms. The summed E-state index contributed by atoms with van der Waals surface area (Å²) in [6.45, 7) is 7.87. The molecule has 1 amide bonds. The van der Waals surface area contributed by atoms with E-state index in [1.54, 1.807) is 13.2 Å². The van der Waals surface area contributed by atoms with Crippen molar-refractivity contribution >= 4 is 35.8 Å². The molecule has 0 bridgehead atoms. The van der Waals surface area contributed by atoms with Crippen molar-refractivity contribution in [2.75, 3.05) is 52.9 Å². The molecule has 2 aromatic rings. The normalized spacial score (nSPS) is 18.2. The summed E-state index contributed by atoms with van der Waals surface area (Å²) in [5.74, 6) is 2.19. The Balaban J connectivity index is 0.00000306. The minimum absolute atomic E-state index is 0. The van der Waals surface area contributed by atoms with E-state index in [-0.39, 0.29) is 35.9 Å². The predicted molar refractivity (Wildman–Crippen MR) is 136 cm³/mol. The molecular formula is C22H33IN8O2. The molecule has 0 saturated carbocycles. The third kappa shape index (κ3) is 6.40. The zero-order valence-electron chi connectivity index (χ0n) is 19.3. The molecular weight excluding hydrogens is 535 g/mol. The molecule has 0 aliphatic carbocycles. The fraction of sp³-hybridized carbons (Fsp3) is 0.591. The maximum absolute atomic E-state index is 12.7. The van der Waals surface area contributed by atoms with Gasteiger partial charge in [0.15, 0.2) is 11.8 Å². The number of halogens is 1. The van der Waals surface area contributed by atoms with Crippen molar-refractivity contribution in [3.63, 3.8) is 0 Å². The lowest BCUT2D eigenvalue weighted by atomic mass is 10.2. The first-order chi connectivity index (χ1) is 15.7. The van der Waals surface area contributed by atoms with Gasteiger partial charge in [-0.25, -0.2) is 0 Å². The van der Waals surface area contributed by atoms with Gasteiger partial charge >= 0.3 is 0 Å². The molecule has 180 valence electrons. The third-order valence-corrected chi connectivity index (χ3v) is 6.13. The Morgan fingerprint density at radius 3 is 2.58 bits per heavy atom. The van der Waals surface area contributed by atoms with Crippen LogP contribution in [0.4, 0.5) is 0 Å². The van der Waals surface area contributed by atoms with Crippen LogP contribution < -0.4 is 5.32 Å². The highest BCUT2D eigenvalue weighted by Crippen LogP contribution is 2.15. The van der Waals surface area contributed by atoms with Gasteiger partial charge in [-0.05, 0) is 31.9 Å². The predicted octanol–water partition coefficient (Wildman–Crippen LogP) is 1.50. The molecule has 4 rings (SSSR count). The standard InChI is InChI=1S/C22H32N8O2.HI/c1-17(21(31)29-11-5-6-12-29)28-13-15-30(16-14-28)22(23-2)25-10-8-19-26-20(32-27-19)18-7-3-4-9-24-18;/h3-4,7,9,17H,5-6,8,10-16H2,1-2H3,(H,23,25);1H. The second-order valence-corrected chi connectivity index (χ2v) is 8.19. The summed E-state index contributed by atoms with van der Waals surface area (Å²) in [4.78, 5) is 32.3. The van der Waals surface area contributed by atoms with E-state index in [1.165, 1.54) is 0 Å². The number of guanidine groups is 1. The molecule has 11 heteroatoms. The number of rotatable bonds is 6. The Morgan fingerprint density at radius 2 is 1.91 bits per heavy atom. The van der Waals surface area contributed by atoms with E-state index >= 15 is 0 Å². The molecule has 1 atom stereocenters. The molecule has 2 aromatic heterocycles. The van der Waals surface area contributed by atoms with Crippen molar-refractivity contribution in [2.45, 2.75) is 32.2 Å². The molecule has 2 aliphatic rings. The number of nitrogens with zero attached hydrogens (tertiary/aromatic N) is 7. The smallest absolute Gasteiger partial charge is 0.276 e. The quantitative estimate of drug-likeness (QED) is 0.318. The Kier molecular flexibility index (Phi) is 9.41. The van der Waals surface area contributed by atoms with E-state index in [2.05, 4.69) is 35.2 Å². The molecule has 0 radical (unpaired) electrons. The lowest BCUT2D eigenvalue weighted by Gasteiger charge is -2.39. The first-order valence-electron chi connectivity index (χ1n) is 11.4. The van der Waals surface area contributed by atoms with Crippen molar-refractivity contribution in [3.8, 4) is 11.6 Å². The van der Waals surface area contributed by atoms with Crippen LogP contribution >= 0.6 is 24.0 Å². The van der Waals surface area contributed by atoms with E-state index in [4.69, 9.17) is 4.52 Å². The summed E-state index contributed by atoms with van der Waals surface area (Å²) in [5, 5.41) is 7.44. The van der Waals surface area contributed by atoms with Gasteiger partial charge < -0.3 is 19.6 Å². The van der Waals surface area contributed by atoms with Gasteiger partial charge in [0.25, 0.3) is 5.89 Å². The van der Waals surface area contributed by atoms with Gasteiger partial charge in [-0.1, -0.05) is 11.2 Å². The fourth-order valence-corrected chi connectivity index (χ4v) is 4.25. The van der Waals surface area contributed by atoms with Crippen LogP contribution in [0.5, 0.6) is 0 Å². The SMILES string of the molecule is CN=C(NCCc1noc(-c2ccccn2)n1)N1CCN(C(C)C(=O)N2CCCC2)CC1.I. The van der Waals surface area contributed by atoms with Crippen LogP contribution in [0, 0.1) is 0 Å². The molecule has 1 N–H and O–H groups in total. The highest BCUT2D eigenvalue weighted by Gasteiger charge is 2.30. The first kappa shape index (κ1) is 25.3. The molecule has 2 saturated heterocycles. The molecule has 33 heavy (non-hydrogen) atoms. The number of nitrogens with one attached hydrogen (secondary N) is 1. The van der Waals surface area contributed by atoms with Crippen molar-refractivity contribution in [3.05, 3.63) is 30.2 Å². The number of carbonyl (C=O) groups is 1. The number of aromatic nitrogens is 3. The Hall–Kier alpha value is -2.28. The van der Waals surface area contributed by atoms with Gasteiger partial charge in [0.05, 0.1) is 6.04 Å². The summed E-state index contributed by atoms with van der Waals surface area (Å²) in [7, 11) is 1.79. The van der Waals surface area contributed by atoms with Gasteiger partial charge in [-0.3, -0.25) is 19.7 Å². The second-order valence-electron chi connectivity index (χ2n) is 8.19. The van der Waals surface area contributed by atoms with Crippen LogP contribution in [-0.2, 0) is 11.2 Å². The zero-order chi connectivity index (χ0) is 22.3. The first-order valence-corrected chi connectivity index (χ1v) is 11.4. The van der Waals surface area contributed by atoms with Crippen LogP contribution in [0.2, 0.25) is 0 Å². The maximum Gasteiger partial charge on any atom is 0.276 e. The molecule has 1 unspecified atom stereocenters. The molecule has 10 nitrogen and oxygen atoms in total. The fourth-order valence-electron chi connectivity index (χ4n) is 4.25. The summed E-state index contributed by atoms with van der Waals surface area (Å²) >= 11 is 0. The lowest BCUT2D eigenvalue weighted by molar-refractivity contribution is -0.135. The molecule has 0 aromatic carbocycles. The number of likely N-dealkylation sites (tertiary alicyclic amines) is 1. The number of carbonyl (C=O) groups excluding carboxylic acids is 1. The Bertz CT molecular complexity index is 908. The van der Waals surface area contributed by atoms with Crippen LogP contribution in [-0.4, -0.2) is 101 Å². The van der Waals surface area contributed by atoms with Crippen molar-refractivity contribution in [1.29, 1.82) is 0 Å². The van der Waals surface area contributed by atoms with E-state index in [9.17, 15) is 4.79 Å². The summed E-state index contributed by atoms with van der Waals surface area (Å²) in [6, 6.07) is 5.52. The van der Waals surface area contributed by atoms with Crippen LogP contribution in [0.3, 0.4) is 0 Å². The summed E-state index contributed by atoms with van der Waals surface area (Å²) in [5.41, 5.74) is 0.672. The number of amides is 1. The number of aliphatic imine (C=N–C) groups is 1. The highest BCUT2D eigenvalue weighted by atomic mass is 127. The van der Waals surface area contributed by atoms with Crippen LogP contribution in [0.25, 0.3) is 11.6 Å². The van der Waals surface area contributed by atoms with Gasteiger partial charge in [0, 0.05) is 65.5 Å². The molecule has 2 aliphatic heterocycles. The van der Waals surface area contributed by atoms with E-state index in [1.807, 2.05) is 30.0 Å².